The average molecular weight is 422 g/mol. The second-order valence-corrected chi connectivity index (χ2v) is 8.29. The van der Waals surface area contributed by atoms with Gasteiger partial charge in [-0.25, -0.2) is 0 Å². The molecule has 1 aromatic carbocycles. The topological polar surface area (TPSA) is 78.5 Å². The van der Waals surface area contributed by atoms with Gasteiger partial charge >= 0.3 is 0 Å². The number of benzene rings is 1. The van der Waals surface area contributed by atoms with Crippen LogP contribution < -0.4 is 10.6 Å². The molecule has 0 saturated carbocycles. The molecule has 7 heteroatoms. The van der Waals surface area contributed by atoms with Crippen molar-refractivity contribution >= 4 is 34.9 Å². The second kappa shape index (κ2) is 11.9. The second-order valence-electron chi connectivity index (χ2n) is 7.85. The summed E-state index contributed by atoms with van der Waals surface area (Å²) in [5.74, 6) is -0.165. The molecule has 0 radical (unpaired) electrons. The first-order chi connectivity index (χ1) is 13.9. The first-order valence-corrected chi connectivity index (χ1v) is 10.8. The molecule has 160 valence electrons. The van der Waals surface area contributed by atoms with Gasteiger partial charge in [-0.3, -0.25) is 14.5 Å². The number of unbranched alkanes of at least 4 members (excludes halogenated alkanes) is 2. The molecule has 1 fully saturated rings. The van der Waals surface area contributed by atoms with Crippen LogP contribution in [0.4, 0.5) is 5.69 Å². The third-order valence-electron chi connectivity index (χ3n) is 5.32. The highest BCUT2D eigenvalue weighted by Crippen LogP contribution is 2.18. The van der Waals surface area contributed by atoms with Crippen LogP contribution in [0.25, 0.3) is 0 Å². The minimum Gasteiger partial charge on any atom is -0.343 e. The molecule has 1 aromatic rings. The van der Waals surface area contributed by atoms with Gasteiger partial charge in [-0.2, -0.15) is 0 Å². The van der Waals surface area contributed by atoms with Crippen LogP contribution in [-0.4, -0.2) is 48.2 Å². The first kappa shape index (κ1) is 23.4. The first-order valence-electron chi connectivity index (χ1n) is 10.4. The maximum Gasteiger partial charge on any atom is 0.246 e. The fourth-order valence-corrected chi connectivity index (χ4v) is 3.83. The predicted molar refractivity (Wildman–Crippen MR) is 116 cm³/mol. The Labute approximate surface area is 178 Å². The number of ketones is 1. The van der Waals surface area contributed by atoms with E-state index < -0.39 is 6.04 Å². The van der Waals surface area contributed by atoms with Crippen molar-refractivity contribution in [3.63, 3.8) is 0 Å². The molecule has 0 bridgehead atoms. The Morgan fingerprint density at radius 2 is 2.00 bits per heavy atom. The third kappa shape index (κ3) is 8.15. The molecule has 1 aliphatic heterocycles. The van der Waals surface area contributed by atoms with Gasteiger partial charge < -0.3 is 15.4 Å². The smallest absolute Gasteiger partial charge is 0.246 e. The number of piperidine rings is 1. The van der Waals surface area contributed by atoms with E-state index in [2.05, 4.69) is 15.5 Å². The van der Waals surface area contributed by atoms with E-state index in [-0.39, 0.29) is 23.6 Å². The predicted octanol–water partition coefficient (Wildman–Crippen LogP) is 3.79. The van der Waals surface area contributed by atoms with Crippen LogP contribution in [0.1, 0.15) is 58.3 Å². The number of carbonyl (C=O) groups is 3. The number of hydrogen-bond acceptors (Lipinski definition) is 4. The number of nitrogens with zero attached hydrogens (tertiary/aromatic N) is 1. The van der Waals surface area contributed by atoms with Crippen molar-refractivity contribution in [3.05, 3.63) is 29.3 Å². The summed E-state index contributed by atoms with van der Waals surface area (Å²) in [6.07, 6.45) is 6.43. The number of nitrogens with one attached hydrogen (secondary N) is 2. The summed E-state index contributed by atoms with van der Waals surface area (Å²) in [6, 6.07) is 6.15. The van der Waals surface area contributed by atoms with Gasteiger partial charge in [0.1, 0.15) is 11.8 Å². The molecule has 2 amide bonds. The van der Waals surface area contributed by atoms with Gasteiger partial charge in [0.15, 0.2) is 0 Å². The lowest BCUT2D eigenvalue weighted by molar-refractivity contribution is -0.131. The number of rotatable bonds is 10. The van der Waals surface area contributed by atoms with E-state index in [9.17, 15) is 14.4 Å². The Bertz CT molecular complexity index is 710. The Morgan fingerprint density at radius 3 is 2.69 bits per heavy atom. The number of halogens is 1. The minimum absolute atomic E-state index is 0.0952. The molecule has 1 unspecified atom stereocenters. The minimum atomic E-state index is -0.617. The number of Topliss-reactive ketones (excluding diaryl/α,β-unsaturated/α-hetero) is 1. The Balaban J connectivity index is 1.98. The van der Waals surface area contributed by atoms with Crippen LogP contribution in [-0.2, 0) is 14.4 Å². The van der Waals surface area contributed by atoms with Crippen LogP contribution >= 0.6 is 11.6 Å². The largest absolute Gasteiger partial charge is 0.343 e. The maximum atomic E-state index is 12.9. The van der Waals surface area contributed by atoms with Gasteiger partial charge in [0, 0.05) is 17.1 Å². The fraction of sp³-hybridized carbons (Fsp3) is 0.591. The molecule has 0 aromatic heterocycles. The zero-order valence-electron chi connectivity index (χ0n) is 17.4. The molecule has 6 nitrogen and oxygen atoms in total. The van der Waals surface area contributed by atoms with Crippen molar-refractivity contribution in [1.29, 1.82) is 0 Å². The van der Waals surface area contributed by atoms with E-state index in [4.69, 9.17) is 11.6 Å². The summed E-state index contributed by atoms with van der Waals surface area (Å²) in [4.78, 5) is 38.8. The van der Waals surface area contributed by atoms with Gasteiger partial charge in [-0.15, -0.1) is 0 Å². The van der Waals surface area contributed by atoms with Crippen LogP contribution in [0.15, 0.2) is 24.3 Å². The van der Waals surface area contributed by atoms with Crippen LogP contribution in [0.3, 0.4) is 0 Å². The van der Waals surface area contributed by atoms with Crippen molar-refractivity contribution in [2.24, 2.45) is 0 Å². The van der Waals surface area contributed by atoms with Crippen molar-refractivity contribution in [1.82, 2.24) is 10.2 Å². The van der Waals surface area contributed by atoms with E-state index in [1.54, 1.807) is 31.2 Å². The number of likely N-dealkylation sites (N-methyl/N-ethyl adjacent to an activating group) is 1. The SMILES string of the molecule is CC(=O)CCCCC[C@H](NC(=O)C1CCCCN1C)C(=O)Nc1cccc(Cl)c1. The lowest BCUT2D eigenvalue weighted by Crippen LogP contribution is -2.53. The van der Waals surface area contributed by atoms with E-state index in [0.717, 1.165) is 45.1 Å². The molecular formula is C22H32ClN3O3. The van der Waals surface area contributed by atoms with Gasteiger partial charge in [0.05, 0.1) is 6.04 Å². The van der Waals surface area contributed by atoms with Crippen LogP contribution in [0.2, 0.25) is 5.02 Å². The highest BCUT2D eigenvalue weighted by atomic mass is 35.5. The Hall–Kier alpha value is -1.92. The van der Waals surface area contributed by atoms with Crippen molar-refractivity contribution in [2.45, 2.75) is 70.4 Å². The van der Waals surface area contributed by atoms with Gasteiger partial charge in [0.25, 0.3) is 0 Å². The monoisotopic (exact) mass is 421 g/mol. The molecule has 29 heavy (non-hydrogen) atoms. The molecule has 2 atom stereocenters. The van der Waals surface area contributed by atoms with Gasteiger partial charge in [-0.1, -0.05) is 36.9 Å². The normalized spacial score (nSPS) is 18.1. The molecule has 0 spiro atoms. The number of likely N-dealkylation sites (tertiary alicyclic amines) is 1. The molecular weight excluding hydrogens is 390 g/mol. The lowest BCUT2D eigenvalue weighted by Gasteiger charge is -2.32. The van der Waals surface area contributed by atoms with Crippen molar-refractivity contribution < 1.29 is 14.4 Å². The molecule has 1 heterocycles. The number of hydrogen-bond donors (Lipinski definition) is 2. The number of anilines is 1. The average Bonchev–Trinajstić information content (AvgIpc) is 2.66. The quantitative estimate of drug-likeness (QED) is 0.563. The Morgan fingerprint density at radius 1 is 1.21 bits per heavy atom. The summed E-state index contributed by atoms with van der Waals surface area (Å²) < 4.78 is 0. The summed E-state index contributed by atoms with van der Waals surface area (Å²) in [6.45, 7) is 2.48. The highest BCUT2D eigenvalue weighted by Gasteiger charge is 2.29. The number of carbonyl (C=O) groups excluding carboxylic acids is 3. The molecule has 2 rings (SSSR count). The van der Waals surface area contributed by atoms with Crippen molar-refractivity contribution in [3.8, 4) is 0 Å². The van der Waals surface area contributed by atoms with Gasteiger partial charge in [0.2, 0.25) is 11.8 Å². The third-order valence-corrected chi connectivity index (χ3v) is 5.55. The van der Waals surface area contributed by atoms with E-state index >= 15 is 0 Å². The summed E-state index contributed by atoms with van der Waals surface area (Å²) in [5.41, 5.74) is 0.605. The molecule has 1 saturated heterocycles. The van der Waals surface area contributed by atoms with E-state index in [1.165, 1.54) is 0 Å². The summed E-state index contributed by atoms with van der Waals surface area (Å²) >= 11 is 6.00. The van der Waals surface area contributed by atoms with Crippen molar-refractivity contribution in [2.75, 3.05) is 18.9 Å². The van der Waals surface area contributed by atoms with Crippen LogP contribution in [0.5, 0.6) is 0 Å². The summed E-state index contributed by atoms with van der Waals surface area (Å²) in [7, 11) is 1.95. The highest BCUT2D eigenvalue weighted by molar-refractivity contribution is 6.30. The molecule has 0 aliphatic carbocycles. The molecule has 2 N–H and O–H groups in total. The zero-order valence-corrected chi connectivity index (χ0v) is 18.1. The molecule has 1 aliphatic rings. The zero-order chi connectivity index (χ0) is 21.2. The maximum absolute atomic E-state index is 12.9. The Kier molecular flexibility index (Phi) is 9.61. The fourth-order valence-electron chi connectivity index (χ4n) is 3.64. The van der Waals surface area contributed by atoms with E-state index in [0.29, 0.717) is 23.6 Å². The van der Waals surface area contributed by atoms with Crippen LogP contribution in [0, 0.1) is 0 Å². The van der Waals surface area contributed by atoms with E-state index in [1.807, 2.05) is 7.05 Å². The number of amides is 2. The summed E-state index contributed by atoms with van der Waals surface area (Å²) in [5, 5.41) is 6.35. The van der Waals surface area contributed by atoms with Gasteiger partial charge in [-0.05, 0) is 64.4 Å². The lowest BCUT2D eigenvalue weighted by atomic mass is 10.0. The standard InChI is InChI=1S/C22H32ClN3O3/c1-16(27)9-4-3-5-12-19(21(28)24-18-11-8-10-17(23)15-18)25-22(29)20-13-6-7-14-26(20)2/h8,10-11,15,19-20H,3-7,9,12-14H2,1-2H3,(H,24,28)(H,25,29)/t19-,20?/m0/s1.